The highest BCUT2D eigenvalue weighted by Gasteiger charge is 2.28. The van der Waals surface area contributed by atoms with Crippen LogP contribution in [0, 0.1) is 0 Å². The van der Waals surface area contributed by atoms with E-state index < -0.39 is 0 Å². The molecule has 2 rings (SSSR count). The summed E-state index contributed by atoms with van der Waals surface area (Å²) < 4.78 is 6.03. The van der Waals surface area contributed by atoms with Crippen molar-refractivity contribution in [3.63, 3.8) is 0 Å². The van der Waals surface area contributed by atoms with Crippen molar-refractivity contribution in [1.82, 2.24) is 9.80 Å². The molecule has 1 aliphatic heterocycles. The van der Waals surface area contributed by atoms with Gasteiger partial charge in [-0.2, -0.15) is 0 Å². The maximum atomic E-state index is 12.3. The first-order valence-corrected chi connectivity index (χ1v) is 7.84. The lowest BCUT2D eigenvalue weighted by atomic mass is 10.1. The molecule has 1 fully saturated rings. The molecule has 1 aromatic rings. The zero-order chi connectivity index (χ0) is 15.2. The average molecular weight is 290 g/mol. The largest absolute Gasteiger partial charge is 0.368 e. The molecule has 1 aliphatic rings. The lowest BCUT2D eigenvalue weighted by molar-refractivity contribution is -0.136. The van der Waals surface area contributed by atoms with Crippen LogP contribution in [0.3, 0.4) is 0 Å². The van der Waals surface area contributed by atoms with Crippen LogP contribution in [0.15, 0.2) is 30.3 Å². The summed E-state index contributed by atoms with van der Waals surface area (Å²) in [7, 11) is 0. The second-order valence-corrected chi connectivity index (χ2v) is 5.61. The summed E-state index contributed by atoms with van der Waals surface area (Å²) >= 11 is 0. The molecule has 0 aromatic heterocycles. The van der Waals surface area contributed by atoms with Gasteiger partial charge < -0.3 is 9.64 Å². The van der Waals surface area contributed by atoms with E-state index in [0.717, 1.165) is 26.2 Å². The fourth-order valence-corrected chi connectivity index (χ4v) is 2.89. The Morgan fingerprint density at radius 3 is 2.52 bits per heavy atom. The summed E-state index contributed by atoms with van der Waals surface area (Å²) in [5.41, 5.74) is 1.18. The monoisotopic (exact) mass is 290 g/mol. The number of likely N-dealkylation sites (N-methyl/N-ethyl adjacent to an activating group) is 1. The van der Waals surface area contributed by atoms with Gasteiger partial charge in [0.05, 0.1) is 18.8 Å². The van der Waals surface area contributed by atoms with Gasteiger partial charge >= 0.3 is 0 Å². The summed E-state index contributed by atoms with van der Waals surface area (Å²) in [4.78, 5) is 16.4. The number of carbonyl (C=O) groups is 1. The van der Waals surface area contributed by atoms with E-state index in [9.17, 15) is 4.79 Å². The summed E-state index contributed by atoms with van der Waals surface area (Å²) in [5.74, 6) is 0.209. The third-order valence-corrected chi connectivity index (χ3v) is 3.98. The minimum absolute atomic E-state index is 0.0550. The molecule has 0 N–H and O–H groups in total. The van der Waals surface area contributed by atoms with Crippen LogP contribution >= 0.6 is 0 Å². The Morgan fingerprint density at radius 1 is 1.24 bits per heavy atom. The van der Waals surface area contributed by atoms with Crippen LogP contribution in [0.5, 0.6) is 0 Å². The van der Waals surface area contributed by atoms with E-state index >= 15 is 0 Å². The van der Waals surface area contributed by atoms with Gasteiger partial charge in [0.25, 0.3) is 0 Å². The average Bonchev–Trinajstić information content (AvgIpc) is 2.49. The zero-order valence-electron chi connectivity index (χ0n) is 13.3. The number of hydrogen-bond acceptors (Lipinski definition) is 3. The molecule has 0 spiro atoms. The van der Waals surface area contributed by atoms with Crippen molar-refractivity contribution in [3.05, 3.63) is 35.9 Å². The van der Waals surface area contributed by atoms with Crippen LogP contribution in [0.4, 0.5) is 0 Å². The molecule has 21 heavy (non-hydrogen) atoms. The Morgan fingerprint density at radius 2 is 1.90 bits per heavy atom. The molecule has 4 heteroatoms. The van der Waals surface area contributed by atoms with Gasteiger partial charge in [-0.05, 0) is 26.3 Å². The molecule has 1 aromatic carbocycles. The predicted molar refractivity (Wildman–Crippen MR) is 84.1 cm³/mol. The van der Waals surface area contributed by atoms with Crippen molar-refractivity contribution in [2.24, 2.45) is 0 Å². The Kier molecular flexibility index (Phi) is 5.76. The SMILES string of the molecule is CCN(CC)C(=O)CN1CC(C)OC(c2ccccc2)C1. The first kappa shape index (κ1) is 16.0. The lowest BCUT2D eigenvalue weighted by Gasteiger charge is -2.37. The number of amides is 1. The number of benzene rings is 1. The summed E-state index contributed by atoms with van der Waals surface area (Å²) in [5, 5.41) is 0. The fourth-order valence-electron chi connectivity index (χ4n) is 2.89. The topological polar surface area (TPSA) is 32.8 Å². The van der Waals surface area contributed by atoms with E-state index in [1.807, 2.05) is 36.9 Å². The summed E-state index contributed by atoms with van der Waals surface area (Å²) in [6.45, 7) is 9.75. The van der Waals surface area contributed by atoms with E-state index in [4.69, 9.17) is 4.74 Å². The van der Waals surface area contributed by atoms with Crippen LogP contribution in [-0.2, 0) is 9.53 Å². The second-order valence-electron chi connectivity index (χ2n) is 5.61. The molecule has 0 saturated carbocycles. The summed E-state index contributed by atoms with van der Waals surface area (Å²) in [6.07, 6.45) is 0.202. The van der Waals surface area contributed by atoms with Crippen molar-refractivity contribution >= 4 is 5.91 Å². The van der Waals surface area contributed by atoms with Crippen molar-refractivity contribution in [2.45, 2.75) is 33.0 Å². The maximum absolute atomic E-state index is 12.3. The molecular formula is C17H26N2O2. The van der Waals surface area contributed by atoms with E-state index in [1.165, 1.54) is 5.56 Å². The van der Waals surface area contributed by atoms with Gasteiger partial charge in [0.2, 0.25) is 5.91 Å². The Labute approximate surface area is 127 Å². The number of morpholine rings is 1. The molecule has 0 bridgehead atoms. The smallest absolute Gasteiger partial charge is 0.236 e. The van der Waals surface area contributed by atoms with Gasteiger partial charge in [-0.15, -0.1) is 0 Å². The Hall–Kier alpha value is -1.39. The Bertz CT molecular complexity index is 445. The molecule has 4 nitrogen and oxygen atoms in total. The quantitative estimate of drug-likeness (QED) is 0.834. The molecule has 0 aliphatic carbocycles. The van der Waals surface area contributed by atoms with Crippen LogP contribution in [0.25, 0.3) is 0 Å². The standard InChI is InChI=1S/C17H26N2O2/c1-4-19(5-2)17(20)13-18-11-14(3)21-16(12-18)15-9-7-6-8-10-15/h6-10,14,16H,4-5,11-13H2,1-3H3. The molecule has 1 saturated heterocycles. The van der Waals surface area contributed by atoms with E-state index in [-0.39, 0.29) is 18.1 Å². The molecule has 2 unspecified atom stereocenters. The highest BCUT2D eigenvalue weighted by molar-refractivity contribution is 5.78. The minimum Gasteiger partial charge on any atom is -0.368 e. The van der Waals surface area contributed by atoms with Crippen molar-refractivity contribution < 1.29 is 9.53 Å². The third-order valence-electron chi connectivity index (χ3n) is 3.98. The van der Waals surface area contributed by atoms with Crippen LogP contribution in [0.1, 0.15) is 32.4 Å². The van der Waals surface area contributed by atoms with Crippen molar-refractivity contribution in [3.8, 4) is 0 Å². The first-order chi connectivity index (χ1) is 10.1. The highest BCUT2D eigenvalue weighted by Crippen LogP contribution is 2.24. The predicted octanol–water partition coefficient (Wildman–Crippen LogP) is 2.32. The molecule has 0 radical (unpaired) electrons. The molecule has 1 amide bonds. The van der Waals surface area contributed by atoms with E-state index in [1.54, 1.807) is 0 Å². The van der Waals surface area contributed by atoms with Crippen LogP contribution < -0.4 is 0 Å². The van der Waals surface area contributed by atoms with Gasteiger partial charge in [-0.3, -0.25) is 9.69 Å². The minimum atomic E-state index is 0.0550. The number of hydrogen-bond donors (Lipinski definition) is 0. The van der Waals surface area contributed by atoms with E-state index in [2.05, 4.69) is 24.0 Å². The van der Waals surface area contributed by atoms with Crippen molar-refractivity contribution in [2.75, 3.05) is 32.7 Å². The molecule has 1 heterocycles. The van der Waals surface area contributed by atoms with E-state index in [0.29, 0.717) is 6.54 Å². The first-order valence-electron chi connectivity index (χ1n) is 7.84. The Balaban J connectivity index is 1.99. The maximum Gasteiger partial charge on any atom is 0.236 e. The van der Waals surface area contributed by atoms with Gasteiger partial charge in [0.15, 0.2) is 0 Å². The highest BCUT2D eigenvalue weighted by atomic mass is 16.5. The number of carbonyl (C=O) groups excluding carboxylic acids is 1. The van der Waals surface area contributed by atoms with Crippen molar-refractivity contribution in [1.29, 1.82) is 0 Å². The third kappa shape index (κ3) is 4.29. The molecule has 116 valence electrons. The van der Waals surface area contributed by atoms with Gasteiger partial charge in [-0.1, -0.05) is 30.3 Å². The molecule has 2 atom stereocenters. The fraction of sp³-hybridized carbons (Fsp3) is 0.588. The van der Waals surface area contributed by atoms with Gasteiger partial charge in [-0.25, -0.2) is 0 Å². The number of nitrogens with zero attached hydrogens (tertiary/aromatic N) is 2. The zero-order valence-corrected chi connectivity index (χ0v) is 13.3. The number of ether oxygens (including phenoxy) is 1. The van der Waals surface area contributed by atoms with Crippen LogP contribution in [0.2, 0.25) is 0 Å². The van der Waals surface area contributed by atoms with Gasteiger partial charge in [0, 0.05) is 26.2 Å². The molecular weight excluding hydrogens is 264 g/mol. The van der Waals surface area contributed by atoms with Crippen LogP contribution in [-0.4, -0.2) is 54.5 Å². The van der Waals surface area contributed by atoms with Gasteiger partial charge in [0.1, 0.15) is 0 Å². The second kappa shape index (κ2) is 7.57. The number of rotatable bonds is 5. The lowest BCUT2D eigenvalue weighted by Crippen LogP contribution is -2.48. The normalized spacial score (nSPS) is 23.0. The summed E-state index contributed by atoms with van der Waals surface area (Å²) in [6, 6.07) is 10.3.